The van der Waals surface area contributed by atoms with E-state index in [9.17, 15) is 4.79 Å². The average Bonchev–Trinajstić information content (AvgIpc) is 2.75. The molecule has 1 aromatic carbocycles. The minimum Gasteiger partial charge on any atom is -0.371 e. The van der Waals surface area contributed by atoms with E-state index in [0.29, 0.717) is 26.1 Å². The van der Waals surface area contributed by atoms with Crippen molar-refractivity contribution in [3.63, 3.8) is 0 Å². The SMILES string of the molecule is C=CCOC1CC(=O)CC1OCc1ccccc1. The van der Waals surface area contributed by atoms with Crippen LogP contribution in [-0.2, 0) is 20.9 Å². The van der Waals surface area contributed by atoms with Crippen LogP contribution >= 0.6 is 0 Å². The first-order valence-electron chi connectivity index (χ1n) is 6.19. The first-order chi connectivity index (χ1) is 8.79. The molecule has 0 amide bonds. The molecule has 0 aliphatic heterocycles. The van der Waals surface area contributed by atoms with E-state index in [1.54, 1.807) is 6.08 Å². The second kappa shape index (κ2) is 6.47. The molecule has 96 valence electrons. The van der Waals surface area contributed by atoms with Crippen LogP contribution in [0.1, 0.15) is 18.4 Å². The second-order valence-corrected chi connectivity index (χ2v) is 4.44. The molecule has 0 N–H and O–H groups in total. The van der Waals surface area contributed by atoms with Gasteiger partial charge in [-0.15, -0.1) is 6.58 Å². The van der Waals surface area contributed by atoms with Crippen LogP contribution in [0.5, 0.6) is 0 Å². The molecular formula is C15H18O3. The summed E-state index contributed by atoms with van der Waals surface area (Å²) in [4.78, 5) is 11.5. The maximum atomic E-state index is 11.5. The third kappa shape index (κ3) is 3.52. The van der Waals surface area contributed by atoms with Gasteiger partial charge >= 0.3 is 0 Å². The quantitative estimate of drug-likeness (QED) is 0.723. The molecule has 1 aliphatic rings. The summed E-state index contributed by atoms with van der Waals surface area (Å²) in [5, 5.41) is 0. The van der Waals surface area contributed by atoms with Gasteiger partial charge in [0.25, 0.3) is 0 Å². The van der Waals surface area contributed by atoms with Crippen LogP contribution in [0.3, 0.4) is 0 Å². The first-order valence-corrected chi connectivity index (χ1v) is 6.19. The molecule has 0 saturated heterocycles. The van der Waals surface area contributed by atoms with E-state index in [4.69, 9.17) is 9.47 Å². The zero-order valence-electron chi connectivity index (χ0n) is 10.4. The van der Waals surface area contributed by atoms with E-state index in [1.165, 1.54) is 0 Å². The molecule has 0 bridgehead atoms. The van der Waals surface area contributed by atoms with Gasteiger partial charge in [-0.3, -0.25) is 4.79 Å². The largest absolute Gasteiger partial charge is 0.371 e. The topological polar surface area (TPSA) is 35.5 Å². The Morgan fingerprint density at radius 3 is 2.50 bits per heavy atom. The summed E-state index contributed by atoms with van der Waals surface area (Å²) >= 11 is 0. The van der Waals surface area contributed by atoms with Gasteiger partial charge in [0.15, 0.2) is 0 Å². The number of ketones is 1. The highest BCUT2D eigenvalue weighted by Crippen LogP contribution is 2.23. The van der Waals surface area contributed by atoms with Crippen LogP contribution in [0.25, 0.3) is 0 Å². The summed E-state index contributed by atoms with van der Waals surface area (Å²) in [6.45, 7) is 4.59. The van der Waals surface area contributed by atoms with Crippen molar-refractivity contribution in [3.8, 4) is 0 Å². The first kappa shape index (κ1) is 13.0. The van der Waals surface area contributed by atoms with Gasteiger partial charge in [0.2, 0.25) is 0 Å². The second-order valence-electron chi connectivity index (χ2n) is 4.44. The monoisotopic (exact) mass is 246 g/mol. The molecule has 1 aliphatic carbocycles. The molecule has 3 heteroatoms. The molecule has 18 heavy (non-hydrogen) atoms. The lowest BCUT2D eigenvalue weighted by molar-refractivity contribution is -0.118. The molecule has 0 radical (unpaired) electrons. The van der Waals surface area contributed by atoms with Gasteiger partial charge in [-0.1, -0.05) is 36.4 Å². The Morgan fingerprint density at radius 2 is 1.83 bits per heavy atom. The van der Waals surface area contributed by atoms with E-state index >= 15 is 0 Å². The van der Waals surface area contributed by atoms with Gasteiger partial charge < -0.3 is 9.47 Å². The number of benzene rings is 1. The molecule has 1 fully saturated rings. The number of hydrogen-bond acceptors (Lipinski definition) is 3. The van der Waals surface area contributed by atoms with Crippen molar-refractivity contribution < 1.29 is 14.3 Å². The van der Waals surface area contributed by atoms with E-state index in [0.717, 1.165) is 5.56 Å². The molecule has 3 nitrogen and oxygen atoms in total. The number of rotatable bonds is 6. The number of Topliss-reactive ketones (excluding diaryl/α,β-unsaturated/α-hetero) is 1. The lowest BCUT2D eigenvalue weighted by atomic mass is 10.2. The number of hydrogen-bond donors (Lipinski definition) is 0. The van der Waals surface area contributed by atoms with Gasteiger partial charge in [-0.05, 0) is 5.56 Å². The van der Waals surface area contributed by atoms with Crippen molar-refractivity contribution in [2.24, 2.45) is 0 Å². The lowest BCUT2D eigenvalue weighted by Crippen LogP contribution is -2.26. The number of ether oxygens (including phenoxy) is 2. The zero-order chi connectivity index (χ0) is 12.8. The molecule has 0 aromatic heterocycles. The zero-order valence-corrected chi connectivity index (χ0v) is 10.4. The highest BCUT2D eigenvalue weighted by Gasteiger charge is 2.34. The van der Waals surface area contributed by atoms with Crippen molar-refractivity contribution in [2.75, 3.05) is 6.61 Å². The predicted octanol–water partition coefficient (Wildman–Crippen LogP) is 2.51. The summed E-state index contributed by atoms with van der Waals surface area (Å²) in [6, 6.07) is 9.94. The average molecular weight is 246 g/mol. The summed E-state index contributed by atoms with van der Waals surface area (Å²) in [7, 11) is 0. The molecular weight excluding hydrogens is 228 g/mol. The van der Waals surface area contributed by atoms with Crippen molar-refractivity contribution in [3.05, 3.63) is 48.6 Å². The summed E-state index contributed by atoms with van der Waals surface area (Å²) in [5.41, 5.74) is 1.11. The maximum absolute atomic E-state index is 11.5. The van der Waals surface area contributed by atoms with E-state index < -0.39 is 0 Å². The van der Waals surface area contributed by atoms with Crippen LogP contribution in [0, 0.1) is 0 Å². The third-order valence-corrected chi connectivity index (χ3v) is 3.01. The van der Waals surface area contributed by atoms with Crippen LogP contribution in [0.2, 0.25) is 0 Å². The van der Waals surface area contributed by atoms with Gasteiger partial charge in [0, 0.05) is 12.8 Å². The minimum absolute atomic E-state index is 0.126. The van der Waals surface area contributed by atoms with Crippen molar-refractivity contribution in [1.82, 2.24) is 0 Å². The number of carbonyl (C=O) groups is 1. The number of carbonyl (C=O) groups excluding carboxylic acids is 1. The Kier molecular flexibility index (Phi) is 4.67. The van der Waals surface area contributed by atoms with Gasteiger partial charge in [-0.2, -0.15) is 0 Å². The molecule has 2 atom stereocenters. The van der Waals surface area contributed by atoms with Crippen molar-refractivity contribution in [2.45, 2.75) is 31.7 Å². The van der Waals surface area contributed by atoms with E-state index in [2.05, 4.69) is 6.58 Å². The summed E-state index contributed by atoms with van der Waals surface area (Å²) < 4.78 is 11.3. The van der Waals surface area contributed by atoms with Crippen LogP contribution in [-0.4, -0.2) is 24.6 Å². The Morgan fingerprint density at radius 1 is 1.17 bits per heavy atom. The van der Waals surface area contributed by atoms with Crippen LogP contribution < -0.4 is 0 Å². The third-order valence-electron chi connectivity index (χ3n) is 3.01. The van der Waals surface area contributed by atoms with Gasteiger partial charge in [0.1, 0.15) is 5.78 Å². The normalized spacial score (nSPS) is 23.2. The Bertz CT molecular complexity index is 399. The maximum Gasteiger partial charge on any atom is 0.138 e. The fourth-order valence-electron chi connectivity index (χ4n) is 2.10. The molecule has 0 spiro atoms. The molecule has 1 aromatic rings. The Labute approximate surface area is 107 Å². The Balaban J connectivity index is 1.86. The van der Waals surface area contributed by atoms with Crippen molar-refractivity contribution >= 4 is 5.78 Å². The fourth-order valence-corrected chi connectivity index (χ4v) is 2.10. The fraction of sp³-hybridized carbons (Fsp3) is 0.400. The minimum atomic E-state index is -0.127. The molecule has 0 heterocycles. The molecule has 2 unspecified atom stereocenters. The summed E-state index contributed by atoms with van der Waals surface area (Å²) in [5.74, 6) is 0.210. The standard InChI is InChI=1S/C15H18O3/c1-2-8-17-14-9-13(16)10-15(14)18-11-12-6-4-3-5-7-12/h2-7,14-15H,1,8-11H2. The van der Waals surface area contributed by atoms with Crippen molar-refractivity contribution in [1.29, 1.82) is 0 Å². The van der Waals surface area contributed by atoms with Crippen LogP contribution in [0.15, 0.2) is 43.0 Å². The molecule has 2 rings (SSSR count). The Hall–Kier alpha value is -1.45. The highest BCUT2D eigenvalue weighted by atomic mass is 16.5. The molecule has 1 saturated carbocycles. The lowest BCUT2D eigenvalue weighted by Gasteiger charge is -2.19. The van der Waals surface area contributed by atoms with E-state index in [1.807, 2.05) is 30.3 Å². The van der Waals surface area contributed by atoms with Gasteiger partial charge in [0.05, 0.1) is 25.4 Å². The highest BCUT2D eigenvalue weighted by molar-refractivity contribution is 5.82. The van der Waals surface area contributed by atoms with Gasteiger partial charge in [-0.25, -0.2) is 0 Å². The van der Waals surface area contributed by atoms with Crippen LogP contribution in [0.4, 0.5) is 0 Å². The van der Waals surface area contributed by atoms with E-state index in [-0.39, 0.29) is 18.0 Å². The predicted molar refractivity (Wildman–Crippen MR) is 69.2 cm³/mol. The smallest absolute Gasteiger partial charge is 0.138 e. The summed E-state index contributed by atoms with van der Waals surface area (Å²) in [6.07, 6.45) is 2.34.